The van der Waals surface area contributed by atoms with Crippen molar-refractivity contribution >= 4 is 23.4 Å². The number of aliphatic hydroxyl groups excluding tert-OH is 1. The molecule has 6 nitrogen and oxygen atoms in total. The van der Waals surface area contributed by atoms with Crippen LogP contribution in [0.15, 0.2) is 12.4 Å². The number of hydrogen-bond donors (Lipinski definition) is 3. The van der Waals surface area contributed by atoms with Crippen LogP contribution in [0.2, 0.25) is 0 Å². The fourth-order valence-electron chi connectivity index (χ4n) is 1.44. The maximum absolute atomic E-state index is 11.7. The lowest BCUT2D eigenvalue weighted by atomic mass is 10.2. The number of nitrogens with two attached hydrogens (primary N) is 1. The van der Waals surface area contributed by atoms with E-state index in [1.54, 1.807) is 6.20 Å². The molecule has 1 aromatic heterocycles. The molecule has 0 aliphatic carbocycles. The van der Waals surface area contributed by atoms with Crippen LogP contribution in [0.4, 0.5) is 5.69 Å². The molecule has 0 spiro atoms. The molecule has 1 amide bonds. The highest BCUT2D eigenvalue weighted by atomic mass is 32.2. The van der Waals surface area contributed by atoms with Crippen molar-refractivity contribution in [2.45, 2.75) is 24.8 Å². The zero-order chi connectivity index (χ0) is 12.8. The molecular formula is C10H18N4O2S. The zero-order valence-electron chi connectivity index (χ0n) is 9.96. The van der Waals surface area contributed by atoms with Crippen molar-refractivity contribution in [3.63, 3.8) is 0 Å². The molecule has 0 bridgehead atoms. The average Bonchev–Trinajstić information content (AvgIpc) is 2.65. The molecule has 0 fully saturated rings. The quantitative estimate of drug-likeness (QED) is 0.651. The predicted octanol–water partition coefficient (Wildman–Crippen LogP) is -0.306. The number of nitrogens with one attached hydrogen (secondary N) is 1. The lowest BCUT2D eigenvalue weighted by molar-refractivity contribution is -0.122. The molecule has 17 heavy (non-hydrogen) atoms. The van der Waals surface area contributed by atoms with Gasteiger partial charge in [0.15, 0.2) is 0 Å². The summed E-state index contributed by atoms with van der Waals surface area (Å²) < 4.78 is 1.48. The van der Waals surface area contributed by atoms with Crippen molar-refractivity contribution in [3.8, 4) is 0 Å². The highest BCUT2D eigenvalue weighted by Gasteiger charge is 2.17. The molecule has 1 rings (SSSR count). The van der Waals surface area contributed by atoms with Crippen LogP contribution in [0.5, 0.6) is 0 Å². The Morgan fingerprint density at radius 1 is 1.76 bits per heavy atom. The number of carbonyl (C=O) groups excluding carboxylic acids is 1. The molecule has 96 valence electrons. The second-order valence-electron chi connectivity index (χ2n) is 3.78. The molecule has 0 radical (unpaired) electrons. The van der Waals surface area contributed by atoms with E-state index < -0.39 is 0 Å². The first-order chi connectivity index (χ1) is 8.06. The molecule has 0 aliphatic heterocycles. The minimum absolute atomic E-state index is 0.00152. The van der Waals surface area contributed by atoms with Gasteiger partial charge in [-0.15, -0.1) is 0 Å². The molecule has 1 heterocycles. The molecule has 7 heteroatoms. The Hall–Kier alpha value is -1.21. The van der Waals surface area contributed by atoms with Crippen LogP contribution >= 0.6 is 11.8 Å². The molecular weight excluding hydrogens is 240 g/mol. The van der Waals surface area contributed by atoms with Crippen molar-refractivity contribution in [3.05, 3.63) is 12.4 Å². The number of hydrogen-bond acceptors (Lipinski definition) is 5. The van der Waals surface area contributed by atoms with E-state index >= 15 is 0 Å². The van der Waals surface area contributed by atoms with Crippen LogP contribution in [0.25, 0.3) is 0 Å². The Morgan fingerprint density at radius 3 is 2.94 bits per heavy atom. The van der Waals surface area contributed by atoms with Gasteiger partial charge >= 0.3 is 0 Å². The predicted molar refractivity (Wildman–Crippen MR) is 68.6 cm³/mol. The van der Waals surface area contributed by atoms with E-state index in [-0.39, 0.29) is 30.4 Å². The van der Waals surface area contributed by atoms with Crippen molar-refractivity contribution in [2.75, 3.05) is 18.6 Å². The third-order valence-electron chi connectivity index (χ3n) is 2.39. The Labute approximate surface area is 105 Å². The van der Waals surface area contributed by atoms with E-state index in [0.717, 1.165) is 0 Å². The van der Waals surface area contributed by atoms with E-state index in [1.807, 2.05) is 13.2 Å². The molecule has 2 atom stereocenters. The van der Waals surface area contributed by atoms with Gasteiger partial charge in [0, 0.05) is 17.5 Å². The standard InChI is InChI=1S/C10H18N4O2S/c1-7(9(6-15)17-2)13-10(16)5-14-4-8(11)3-12-14/h3-4,7,9,15H,5-6,11H2,1-2H3,(H,13,16). The van der Waals surface area contributed by atoms with Gasteiger partial charge in [-0.1, -0.05) is 0 Å². The number of thioether (sulfide) groups is 1. The van der Waals surface area contributed by atoms with E-state index in [0.29, 0.717) is 5.69 Å². The summed E-state index contributed by atoms with van der Waals surface area (Å²) >= 11 is 1.52. The van der Waals surface area contributed by atoms with E-state index in [2.05, 4.69) is 10.4 Å². The number of nitrogens with zero attached hydrogens (tertiary/aromatic N) is 2. The molecule has 0 aliphatic rings. The molecule has 4 N–H and O–H groups in total. The molecule has 0 saturated heterocycles. The van der Waals surface area contributed by atoms with Gasteiger partial charge < -0.3 is 16.2 Å². The Balaban J connectivity index is 2.44. The van der Waals surface area contributed by atoms with Crippen LogP contribution in [0, 0.1) is 0 Å². The molecule has 1 aromatic rings. The van der Waals surface area contributed by atoms with Gasteiger partial charge in [0.05, 0.1) is 18.5 Å². The minimum atomic E-state index is -0.145. The lowest BCUT2D eigenvalue weighted by Gasteiger charge is -2.21. The summed E-state index contributed by atoms with van der Waals surface area (Å²) in [5.74, 6) is -0.145. The van der Waals surface area contributed by atoms with Gasteiger partial charge in [-0.3, -0.25) is 9.48 Å². The van der Waals surface area contributed by atoms with Gasteiger partial charge in [0.2, 0.25) is 5.91 Å². The summed E-state index contributed by atoms with van der Waals surface area (Å²) in [5.41, 5.74) is 6.03. The van der Waals surface area contributed by atoms with Crippen molar-refractivity contribution in [1.29, 1.82) is 0 Å². The highest BCUT2D eigenvalue weighted by Crippen LogP contribution is 2.10. The number of aromatic nitrogens is 2. The van der Waals surface area contributed by atoms with Gasteiger partial charge in [-0.2, -0.15) is 16.9 Å². The molecule has 2 unspecified atom stereocenters. The molecule has 0 aromatic carbocycles. The van der Waals surface area contributed by atoms with Crippen LogP contribution in [0.1, 0.15) is 6.92 Å². The number of amides is 1. The summed E-state index contributed by atoms with van der Waals surface area (Å²) in [6, 6.07) is -0.0876. The summed E-state index contributed by atoms with van der Waals surface area (Å²) in [5, 5.41) is 15.8. The Bertz CT molecular complexity index is 365. The first-order valence-corrected chi connectivity index (χ1v) is 6.56. The average molecular weight is 258 g/mol. The SMILES string of the molecule is CSC(CO)C(C)NC(=O)Cn1cc(N)cn1. The zero-order valence-corrected chi connectivity index (χ0v) is 10.8. The summed E-state index contributed by atoms with van der Waals surface area (Å²) in [4.78, 5) is 11.7. The topological polar surface area (TPSA) is 93.2 Å². The summed E-state index contributed by atoms with van der Waals surface area (Å²) in [6.07, 6.45) is 5.00. The van der Waals surface area contributed by atoms with Crippen molar-refractivity contribution in [1.82, 2.24) is 15.1 Å². The van der Waals surface area contributed by atoms with Crippen molar-refractivity contribution in [2.24, 2.45) is 0 Å². The van der Waals surface area contributed by atoms with E-state index in [4.69, 9.17) is 10.8 Å². The largest absolute Gasteiger partial charge is 0.396 e. The smallest absolute Gasteiger partial charge is 0.241 e. The van der Waals surface area contributed by atoms with Crippen LogP contribution in [-0.4, -0.2) is 44.9 Å². The highest BCUT2D eigenvalue weighted by molar-refractivity contribution is 7.99. The number of carbonyl (C=O) groups is 1. The maximum Gasteiger partial charge on any atom is 0.241 e. The van der Waals surface area contributed by atoms with Crippen molar-refractivity contribution < 1.29 is 9.90 Å². The normalized spacial score (nSPS) is 14.3. The maximum atomic E-state index is 11.7. The van der Waals surface area contributed by atoms with E-state index in [1.165, 1.54) is 22.6 Å². The second-order valence-corrected chi connectivity index (χ2v) is 4.86. The fraction of sp³-hybridized carbons (Fsp3) is 0.600. The van der Waals surface area contributed by atoms with E-state index in [9.17, 15) is 4.79 Å². The molecule has 0 saturated carbocycles. The third kappa shape index (κ3) is 4.27. The monoisotopic (exact) mass is 258 g/mol. The fourth-order valence-corrected chi connectivity index (χ4v) is 2.07. The van der Waals surface area contributed by atoms with Crippen LogP contribution in [-0.2, 0) is 11.3 Å². The van der Waals surface area contributed by atoms with Gasteiger partial charge in [0.25, 0.3) is 0 Å². The number of anilines is 1. The summed E-state index contributed by atoms with van der Waals surface area (Å²) in [6.45, 7) is 2.04. The number of aliphatic hydroxyl groups is 1. The van der Waals surface area contributed by atoms with Gasteiger partial charge in [0.1, 0.15) is 6.54 Å². The lowest BCUT2D eigenvalue weighted by Crippen LogP contribution is -2.42. The minimum Gasteiger partial charge on any atom is -0.396 e. The van der Waals surface area contributed by atoms with Gasteiger partial charge in [-0.05, 0) is 13.2 Å². The number of rotatable bonds is 6. The first-order valence-electron chi connectivity index (χ1n) is 5.27. The first kappa shape index (κ1) is 13.9. The Morgan fingerprint density at radius 2 is 2.47 bits per heavy atom. The summed E-state index contributed by atoms with van der Waals surface area (Å²) in [7, 11) is 0. The Kier molecular flexibility index (Phi) is 5.30. The van der Waals surface area contributed by atoms with Crippen LogP contribution < -0.4 is 11.1 Å². The second kappa shape index (κ2) is 6.51. The van der Waals surface area contributed by atoms with Crippen LogP contribution in [0.3, 0.4) is 0 Å². The number of nitrogen functional groups attached to an aromatic ring is 1. The third-order valence-corrected chi connectivity index (χ3v) is 3.55. The van der Waals surface area contributed by atoms with Gasteiger partial charge in [-0.25, -0.2) is 0 Å².